The molecule has 7 nitrogen and oxygen atoms in total. The summed E-state index contributed by atoms with van der Waals surface area (Å²) in [6.07, 6.45) is 1.90. The van der Waals surface area contributed by atoms with E-state index in [2.05, 4.69) is 10.1 Å². The van der Waals surface area contributed by atoms with E-state index in [4.69, 9.17) is 4.52 Å². The Hall–Kier alpha value is -3.88. The Bertz CT molecular complexity index is 1280. The molecular weight excluding hydrogens is 406 g/mol. The molecule has 0 aliphatic heterocycles. The second-order valence-corrected chi connectivity index (χ2v) is 6.92. The third-order valence-electron chi connectivity index (χ3n) is 4.77. The number of fused-ring (bicyclic) bond motifs is 1. The molecule has 0 bridgehead atoms. The molecule has 4 rings (SSSR count). The van der Waals surface area contributed by atoms with Crippen LogP contribution in [0.25, 0.3) is 22.4 Å². The van der Waals surface area contributed by atoms with Gasteiger partial charge in [-0.15, -0.1) is 0 Å². The van der Waals surface area contributed by atoms with Crippen LogP contribution in [0, 0.1) is 11.6 Å². The molecule has 0 N–H and O–H groups in total. The van der Waals surface area contributed by atoms with Gasteiger partial charge in [0, 0.05) is 17.8 Å². The Kier molecular flexibility index (Phi) is 5.57. The first-order chi connectivity index (χ1) is 15.0. The lowest BCUT2D eigenvalue weighted by Gasteiger charge is -2.22. The Labute approximate surface area is 175 Å². The zero-order chi connectivity index (χ0) is 22.0. The summed E-state index contributed by atoms with van der Waals surface area (Å²) in [5, 5.41) is 4.00. The highest BCUT2D eigenvalue weighted by atomic mass is 19.1. The normalized spacial score (nSPS) is 11.1. The van der Waals surface area contributed by atoms with Crippen LogP contribution in [0.4, 0.5) is 14.5 Å². The van der Waals surface area contributed by atoms with E-state index in [1.54, 1.807) is 0 Å². The van der Waals surface area contributed by atoms with E-state index in [0.717, 1.165) is 0 Å². The SMILES string of the molecule is CCCN(C(=O)Cn1cnc2onc(-c3ccc(F)cc3)c2c1=O)c1ccc(F)cc1. The van der Waals surface area contributed by atoms with E-state index in [1.165, 1.54) is 64.3 Å². The predicted octanol–water partition coefficient (Wildman–Crippen LogP) is 3.77. The maximum Gasteiger partial charge on any atom is 0.267 e. The molecule has 0 saturated carbocycles. The minimum Gasteiger partial charge on any atom is -0.335 e. The second kappa shape index (κ2) is 8.47. The van der Waals surface area contributed by atoms with Gasteiger partial charge in [-0.05, 0) is 55.0 Å². The highest BCUT2D eigenvalue weighted by Gasteiger charge is 2.20. The third kappa shape index (κ3) is 4.07. The van der Waals surface area contributed by atoms with E-state index < -0.39 is 17.2 Å². The molecule has 2 heterocycles. The minimum atomic E-state index is -0.505. The summed E-state index contributed by atoms with van der Waals surface area (Å²) in [5.74, 6) is -1.18. The average molecular weight is 424 g/mol. The molecule has 2 aromatic carbocycles. The average Bonchev–Trinajstić information content (AvgIpc) is 3.20. The zero-order valence-corrected chi connectivity index (χ0v) is 16.6. The number of nitrogens with zero attached hydrogens (tertiary/aromatic N) is 4. The van der Waals surface area contributed by atoms with Crippen LogP contribution in [-0.4, -0.2) is 27.2 Å². The summed E-state index contributed by atoms with van der Waals surface area (Å²) in [6.45, 7) is 2.05. The molecule has 1 amide bonds. The topological polar surface area (TPSA) is 81.2 Å². The van der Waals surface area contributed by atoms with Crippen LogP contribution in [0.15, 0.2) is 64.2 Å². The molecule has 0 spiro atoms. The van der Waals surface area contributed by atoms with Gasteiger partial charge in [-0.1, -0.05) is 12.1 Å². The fourth-order valence-electron chi connectivity index (χ4n) is 3.27. The number of carbonyl (C=O) groups is 1. The van der Waals surface area contributed by atoms with Crippen LogP contribution in [0.2, 0.25) is 0 Å². The number of hydrogen-bond acceptors (Lipinski definition) is 5. The molecule has 9 heteroatoms. The molecular formula is C22H18F2N4O3. The summed E-state index contributed by atoms with van der Waals surface area (Å²) in [4.78, 5) is 31.6. The van der Waals surface area contributed by atoms with E-state index in [0.29, 0.717) is 24.2 Å². The number of aromatic nitrogens is 3. The number of amides is 1. The van der Waals surface area contributed by atoms with Gasteiger partial charge in [0.25, 0.3) is 11.3 Å². The van der Waals surface area contributed by atoms with Crippen molar-refractivity contribution in [2.75, 3.05) is 11.4 Å². The predicted molar refractivity (Wildman–Crippen MR) is 111 cm³/mol. The number of carbonyl (C=O) groups excluding carboxylic acids is 1. The van der Waals surface area contributed by atoms with Crippen molar-refractivity contribution in [3.8, 4) is 11.3 Å². The molecule has 31 heavy (non-hydrogen) atoms. The molecule has 0 aliphatic rings. The molecule has 0 fully saturated rings. The van der Waals surface area contributed by atoms with Gasteiger partial charge in [-0.2, -0.15) is 0 Å². The summed E-state index contributed by atoms with van der Waals surface area (Å²) in [6, 6.07) is 11.0. The van der Waals surface area contributed by atoms with Gasteiger partial charge in [0.2, 0.25) is 5.91 Å². The van der Waals surface area contributed by atoms with Crippen LogP contribution < -0.4 is 10.5 Å². The minimum absolute atomic E-state index is 0.0250. The van der Waals surface area contributed by atoms with E-state index in [-0.39, 0.29) is 29.2 Å². The van der Waals surface area contributed by atoms with Crippen molar-refractivity contribution in [1.29, 1.82) is 0 Å². The van der Waals surface area contributed by atoms with Crippen molar-refractivity contribution in [2.45, 2.75) is 19.9 Å². The van der Waals surface area contributed by atoms with Crippen LogP contribution in [0.3, 0.4) is 0 Å². The van der Waals surface area contributed by atoms with Crippen LogP contribution in [0.5, 0.6) is 0 Å². The van der Waals surface area contributed by atoms with Gasteiger partial charge in [0.15, 0.2) is 0 Å². The van der Waals surface area contributed by atoms with Gasteiger partial charge in [-0.3, -0.25) is 14.2 Å². The van der Waals surface area contributed by atoms with Gasteiger partial charge in [0.05, 0.1) is 0 Å². The highest BCUT2D eigenvalue weighted by molar-refractivity contribution is 5.93. The fraction of sp³-hybridized carbons (Fsp3) is 0.182. The maximum absolute atomic E-state index is 13.3. The largest absolute Gasteiger partial charge is 0.335 e. The van der Waals surface area contributed by atoms with Crippen LogP contribution in [-0.2, 0) is 11.3 Å². The molecule has 0 unspecified atom stereocenters. The first-order valence-electron chi connectivity index (χ1n) is 9.64. The molecule has 0 radical (unpaired) electrons. The van der Waals surface area contributed by atoms with E-state index in [9.17, 15) is 18.4 Å². The number of halogens is 2. The Morgan fingerprint density at radius 1 is 1.06 bits per heavy atom. The molecule has 158 valence electrons. The van der Waals surface area contributed by atoms with Gasteiger partial charge < -0.3 is 9.42 Å². The molecule has 0 aliphatic carbocycles. The first-order valence-corrected chi connectivity index (χ1v) is 9.64. The number of hydrogen-bond donors (Lipinski definition) is 0. The lowest BCUT2D eigenvalue weighted by atomic mass is 10.1. The van der Waals surface area contributed by atoms with Crippen molar-refractivity contribution in [3.05, 3.63) is 76.8 Å². The van der Waals surface area contributed by atoms with Crippen molar-refractivity contribution >= 4 is 22.7 Å². The summed E-state index contributed by atoms with van der Waals surface area (Å²) < 4.78 is 32.8. The summed E-state index contributed by atoms with van der Waals surface area (Å²) >= 11 is 0. The monoisotopic (exact) mass is 424 g/mol. The zero-order valence-electron chi connectivity index (χ0n) is 16.6. The third-order valence-corrected chi connectivity index (χ3v) is 4.77. The van der Waals surface area contributed by atoms with Crippen LogP contribution in [0.1, 0.15) is 13.3 Å². The molecule has 0 atom stereocenters. The molecule has 2 aromatic heterocycles. The van der Waals surface area contributed by atoms with E-state index in [1.807, 2.05) is 6.92 Å². The summed E-state index contributed by atoms with van der Waals surface area (Å²) in [7, 11) is 0. The van der Waals surface area contributed by atoms with Crippen molar-refractivity contribution < 1.29 is 18.1 Å². The van der Waals surface area contributed by atoms with Gasteiger partial charge in [0.1, 0.15) is 35.6 Å². The molecule has 4 aromatic rings. The van der Waals surface area contributed by atoms with Crippen molar-refractivity contribution in [3.63, 3.8) is 0 Å². The Morgan fingerprint density at radius 3 is 2.35 bits per heavy atom. The number of benzene rings is 2. The number of rotatable bonds is 6. The maximum atomic E-state index is 13.3. The second-order valence-electron chi connectivity index (χ2n) is 6.92. The van der Waals surface area contributed by atoms with Crippen molar-refractivity contribution in [2.24, 2.45) is 0 Å². The first kappa shape index (κ1) is 20.4. The standard InChI is InChI=1S/C22H18F2N4O3/c1-2-11-28(17-9-7-16(24)8-10-17)18(29)12-27-13-25-21-19(22(27)30)20(26-31-21)14-3-5-15(23)6-4-14/h3-10,13H,2,11-12H2,1H3. The lowest BCUT2D eigenvalue weighted by Crippen LogP contribution is -2.37. The van der Waals surface area contributed by atoms with Gasteiger partial charge in [-0.25, -0.2) is 13.8 Å². The smallest absolute Gasteiger partial charge is 0.267 e. The molecule has 0 saturated heterocycles. The summed E-state index contributed by atoms with van der Waals surface area (Å²) in [5.41, 5.74) is 0.763. The van der Waals surface area contributed by atoms with E-state index >= 15 is 0 Å². The fourth-order valence-corrected chi connectivity index (χ4v) is 3.27. The Morgan fingerprint density at radius 2 is 1.71 bits per heavy atom. The quantitative estimate of drug-likeness (QED) is 0.471. The van der Waals surface area contributed by atoms with Crippen LogP contribution >= 0.6 is 0 Å². The van der Waals surface area contributed by atoms with Gasteiger partial charge >= 0.3 is 0 Å². The Balaban J connectivity index is 1.69. The lowest BCUT2D eigenvalue weighted by molar-refractivity contribution is -0.119. The highest BCUT2D eigenvalue weighted by Crippen LogP contribution is 2.24. The van der Waals surface area contributed by atoms with Crippen molar-refractivity contribution in [1.82, 2.24) is 14.7 Å². The number of anilines is 1.